The highest BCUT2D eigenvalue weighted by Crippen LogP contribution is 2.23. The van der Waals surface area contributed by atoms with Gasteiger partial charge in [-0.05, 0) is 112 Å². The third kappa shape index (κ3) is 26.4. The first-order valence-corrected chi connectivity index (χ1v) is 25.3. The Balaban J connectivity index is 0.000000317. The van der Waals surface area contributed by atoms with Gasteiger partial charge in [0.15, 0.2) is 5.92 Å². The summed E-state index contributed by atoms with van der Waals surface area (Å²) < 4.78 is 43.8. The van der Waals surface area contributed by atoms with Crippen molar-refractivity contribution in [2.24, 2.45) is 5.92 Å². The van der Waals surface area contributed by atoms with Crippen molar-refractivity contribution in [3.05, 3.63) is 29.8 Å². The number of rotatable bonds is 15. The first-order chi connectivity index (χ1) is 33.1. The van der Waals surface area contributed by atoms with Crippen molar-refractivity contribution < 1.29 is 80.2 Å². The molecule has 5 heterocycles. The summed E-state index contributed by atoms with van der Waals surface area (Å²) in [6.07, 6.45) is 8.18. The van der Waals surface area contributed by atoms with Crippen molar-refractivity contribution in [2.75, 3.05) is 20.3 Å². The van der Waals surface area contributed by atoms with Gasteiger partial charge in [0, 0.05) is 63.1 Å². The fourth-order valence-corrected chi connectivity index (χ4v) is 8.16. The van der Waals surface area contributed by atoms with Gasteiger partial charge in [-0.3, -0.25) is 47.3 Å². The number of aliphatic carboxylic acids is 1. The summed E-state index contributed by atoms with van der Waals surface area (Å²) in [4.78, 5) is 99.6. The molecule has 5 fully saturated rings. The molecular formula is C48H75N5O17S. The van der Waals surface area contributed by atoms with Gasteiger partial charge in [-0.2, -0.15) is 8.42 Å². The molecule has 5 aliphatic heterocycles. The normalized spacial score (nSPS) is 21.4. The number of amides is 5. The number of benzene rings is 1. The van der Waals surface area contributed by atoms with Gasteiger partial charge < -0.3 is 51.0 Å². The molecule has 5 saturated heterocycles. The Morgan fingerprint density at radius 2 is 1.00 bits per heavy atom. The fraction of sp³-hybridized carbons (Fsp3) is 0.688. The second kappa shape index (κ2) is 29.6. The number of hydrogen-bond donors (Lipinski definition) is 7. The van der Waals surface area contributed by atoms with Gasteiger partial charge in [0.1, 0.15) is 11.2 Å². The molecule has 1 aromatic carbocycles. The Bertz CT molecular complexity index is 2060. The third-order valence-corrected chi connectivity index (χ3v) is 12.2. The fourth-order valence-electron chi connectivity index (χ4n) is 7.21. The van der Waals surface area contributed by atoms with E-state index in [0.717, 1.165) is 24.8 Å². The molecule has 5 unspecified atom stereocenters. The maximum Gasteiger partial charge on any atom is 0.320 e. The number of aryl methyl sites for hydroxylation is 1. The molecule has 5 atom stereocenters. The van der Waals surface area contributed by atoms with Crippen LogP contribution in [0.3, 0.4) is 0 Å². The Kier molecular flexibility index (Phi) is 25.6. The van der Waals surface area contributed by atoms with Gasteiger partial charge in [0.25, 0.3) is 10.1 Å². The molecule has 0 bridgehead atoms. The van der Waals surface area contributed by atoms with Gasteiger partial charge in [0.05, 0.1) is 37.3 Å². The largest absolute Gasteiger partial charge is 0.481 e. The zero-order chi connectivity index (χ0) is 53.5. The van der Waals surface area contributed by atoms with Crippen molar-refractivity contribution in [1.82, 2.24) is 26.6 Å². The molecule has 0 radical (unpaired) electrons. The van der Waals surface area contributed by atoms with Crippen LogP contribution >= 0.6 is 0 Å². The number of esters is 3. The van der Waals surface area contributed by atoms with Crippen LogP contribution < -0.4 is 26.6 Å². The Hall–Kier alpha value is -5.68. The Morgan fingerprint density at radius 1 is 0.620 bits per heavy atom. The molecule has 0 spiro atoms. The summed E-state index contributed by atoms with van der Waals surface area (Å²) >= 11 is 0. The number of carboxylic acid groups (broad SMARTS) is 1. The second-order valence-electron chi connectivity index (χ2n) is 19.7. The van der Waals surface area contributed by atoms with E-state index in [1.807, 2.05) is 6.92 Å². The maximum atomic E-state index is 12.3. The number of carboxylic acids is 1. The minimum Gasteiger partial charge on any atom is -0.481 e. The summed E-state index contributed by atoms with van der Waals surface area (Å²) in [5, 5.41) is 30.3. The average molecular weight is 1030 g/mol. The molecule has 0 aliphatic carbocycles. The van der Waals surface area contributed by atoms with E-state index >= 15 is 0 Å². The molecule has 6 rings (SSSR count). The van der Waals surface area contributed by atoms with E-state index in [9.17, 15) is 51.6 Å². The summed E-state index contributed by atoms with van der Waals surface area (Å²) in [6, 6.07) is 6.35. The van der Waals surface area contributed by atoms with Crippen LogP contribution in [0.25, 0.3) is 0 Å². The van der Waals surface area contributed by atoms with Crippen molar-refractivity contribution >= 4 is 63.5 Å². The zero-order valence-electron chi connectivity index (χ0n) is 42.2. The smallest absolute Gasteiger partial charge is 0.320 e. The van der Waals surface area contributed by atoms with Crippen LogP contribution in [0.5, 0.6) is 0 Å². The van der Waals surface area contributed by atoms with E-state index in [0.29, 0.717) is 64.2 Å². The number of carbonyl (C=O) groups excluding carboxylic acids is 8. The van der Waals surface area contributed by atoms with Crippen LogP contribution in [0.2, 0.25) is 0 Å². The van der Waals surface area contributed by atoms with E-state index in [1.165, 1.54) is 19.2 Å². The first kappa shape index (κ1) is 61.4. The SMILES string of the molecule is CC(C)(C)OC(=O)C(CC1CCC(=O)N1)C(=O)OC(C)(C)C.COC(=O)CCC1CCC(=O)N1.Cc1ccc(S(=O)(=O)OCC2CCC(=O)N2)cc1.O=C(O)CCC1CCC(=O)N1.O=C1CCC(CO)N1. The van der Waals surface area contributed by atoms with Crippen LogP contribution in [0.15, 0.2) is 29.2 Å². The predicted octanol–water partition coefficient (Wildman–Crippen LogP) is 2.54. The summed E-state index contributed by atoms with van der Waals surface area (Å²) in [5.41, 5.74) is -0.385. The van der Waals surface area contributed by atoms with Crippen LogP contribution in [0, 0.1) is 12.8 Å². The van der Waals surface area contributed by atoms with Gasteiger partial charge in [-0.1, -0.05) is 17.7 Å². The van der Waals surface area contributed by atoms with Crippen LogP contribution in [0.4, 0.5) is 0 Å². The van der Waals surface area contributed by atoms with Crippen LogP contribution in [-0.4, -0.2) is 134 Å². The quantitative estimate of drug-likeness (QED) is 0.0574. The maximum absolute atomic E-state index is 12.3. The molecule has 71 heavy (non-hydrogen) atoms. The summed E-state index contributed by atoms with van der Waals surface area (Å²) in [5.74, 6) is -3.18. The molecule has 0 aromatic heterocycles. The van der Waals surface area contributed by atoms with E-state index < -0.39 is 45.1 Å². The molecule has 1 aromatic rings. The minimum atomic E-state index is -3.73. The molecular weight excluding hydrogens is 951 g/mol. The first-order valence-electron chi connectivity index (χ1n) is 23.9. The third-order valence-electron chi connectivity index (χ3n) is 10.9. The van der Waals surface area contributed by atoms with Gasteiger partial charge in [-0.15, -0.1) is 0 Å². The van der Waals surface area contributed by atoms with Crippen molar-refractivity contribution in [3.63, 3.8) is 0 Å². The number of methoxy groups -OCH3 is 1. The lowest BCUT2D eigenvalue weighted by molar-refractivity contribution is -0.175. The van der Waals surface area contributed by atoms with E-state index in [4.69, 9.17) is 23.9 Å². The number of nitrogens with one attached hydrogen (secondary N) is 5. The molecule has 0 saturated carbocycles. The zero-order valence-corrected chi connectivity index (χ0v) is 43.0. The summed E-state index contributed by atoms with van der Waals surface area (Å²) in [6.45, 7) is 12.4. The Labute approximate surface area is 416 Å². The second-order valence-corrected chi connectivity index (χ2v) is 21.3. The highest BCUT2D eigenvalue weighted by Gasteiger charge is 2.38. The van der Waals surface area contributed by atoms with Crippen molar-refractivity contribution in [2.45, 2.75) is 191 Å². The lowest BCUT2D eigenvalue weighted by atomic mass is 9.98. The molecule has 5 amide bonds. The molecule has 5 aliphatic rings. The van der Waals surface area contributed by atoms with Crippen molar-refractivity contribution in [3.8, 4) is 0 Å². The van der Waals surface area contributed by atoms with Gasteiger partial charge in [0.2, 0.25) is 29.5 Å². The monoisotopic (exact) mass is 1030 g/mol. The minimum absolute atomic E-state index is 0.0120. The number of hydrogen-bond acceptors (Lipinski definition) is 16. The highest BCUT2D eigenvalue weighted by molar-refractivity contribution is 7.86. The number of aliphatic hydroxyl groups is 1. The molecule has 23 heteroatoms. The topological polar surface area (TPSA) is 325 Å². The Morgan fingerprint density at radius 3 is 1.34 bits per heavy atom. The van der Waals surface area contributed by atoms with E-state index in [1.54, 1.807) is 53.7 Å². The average Bonchev–Trinajstić information content (AvgIpc) is 4.15. The number of ether oxygens (including phenoxy) is 3. The van der Waals surface area contributed by atoms with Crippen molar-refractivity contribution in [1.29, 1.82) is 0 Å². The molecule has 22 nitrogen and oxygen atoms in total. The number of aliphatic hydroxyl groups excluding tert-OH is 1. The molecule has 400 valence electrons. The predicted molar refractivity (Wildman–Crippen MR) is 255 cm³/mol. The lowest BCUT2D eigenvalue weighted by Gasteiger charge is -2.27. The standard InChI is InChI=1S/C16H27NO5.C12H15NO4S.C8H13NO3.C7H11NO3.C5H9NO2/c1-15(2,3)21-13(19)11(14(20)22-16(4,5)6)9-10-7-8-12(18)17-10;1-9-2-5-11(6-3-9)18(15,16)17-8-10-4-7-12(14)13-10;1-12-8(11)5-3-6-2-4-7(10)9-6;9-6-3-1-5(8-6)2-4-7(10)11;7-3-4-1-2-5(8)6-4/h10-11H,7-9H2,1-6H3,(H,17,18);2-3,5-6,10H,4,7-8H2,1H3,(H,13,14);6H,2-5H2,1H3,(H,9,10);5H,1-4H2,(H,8,9)(H,10,11);4,7H,1-3H2,(H,6,8). The van der Waals surface area contributed by atoms with E-state index in [-0.39, 0.29) is 96.7 Å². The van der Waals surface area contributed by atoms with E-state index in [2.05, 4.69) is 31.3 Å². The summed E-state index contributed by atoms with van der Waals surface area (Å²) in [7, 11) is -2.36. The highest BCUT2D eigenvalue weighted by atomic mass is 32.2. The lowest BCUT2D eigenvalue weighted by Crippen LogP contribution is -2.40. The van der Waals surface area contributed by atoms with Crippen LogP contribution in [0.1, 0.15) is 143 Å². The van der Waals surface area contributed by atoms with Gasteiger partial charge >= 0.3 is 23.9 Å². The molecule has 7 N–H and O–H groups in total. The van der Waals surface area contributed by atoms with Crippen LogP contribution in [-0.2, 0) is 71.7 Å². The number of carbonyl (C=O) groups is 9. The van der Waals surface area contributed by atoms with Gasteiger partial charge in [-0.25, -0.2) is 0 Å².